The summed E-state index contributed by atoms with van der Waals surface area (Å²) in [5, 5.41) is 45.7. The summed E-state index contributed by atoms with van der Waals surface area (Å²) in [6.45, 7) is 2.43. The average Bonchev–Trinajstić information content (AvgIpc) is 3.36. The van der Waals surface area contributed by atoms with E-state index >= 15 is 0 Å². The second-order valence-corrected chi connectivity index (χ2v) is 8.85. The van der Waals surface area contributed by atoms with Crippen molar-refractivity contribution in [1.82, 2.24) is 31.2 Å². The van der Waals surface area contributed by atoms with Crippen LogP contribution in [0.15, 0.2) is 12.5 Å². The molecule has 0 saturated heterocycles. The number of hydrogen-bond acceptors (Lipinski definition) is 10. The topological polar surface area (TPSA) is 303 Å². The molecule has 0 aliphatic carbocycles. The monoisotopic (exact) mass is 571 g/mol. The molecule has 222 valence electrons. The molecule has 6 atom stereocenters. The Morgan fingerprint density at radius 1 is 0.850 bits per heavy atom. The molecule has 18 heteroatoms. The summed E-state index contributed by atoms with van der Waals surface area (Å²) in [6, 6.07) is -7.65. The van der Waals surface area contributed by atoms with Crippen LogP contribution in [0.5, 0.6) is 0 Å². The van der Waals surface area contributed by atoms with E-state index in [1.807, 2.05) is 5.32 Å². The zero-order chi connectivity index (χ0) is 30.6. The molecule has 0 saturated carbocycles. The van der Waals surface area contributed by atoms with Gasteiger partial charge in [0.2, 0.25) is 23.6 Å². The lowest BCUT2D eigenvalue weighted by Gasteiger charge is -2.26. The zero-order valence-corrected chi connectivity index (χ0v) is 21.6. The average molecular weight is 572 g/mol. The molecule has 0 spiro atoms. The van der Waals surface area contributed by atoms with Crippen molar-refractivity contribution in [3.05, 3.63) is 18.2 Å². The largest absolute Gasteiger partial charge is 0.481 e. The Kier molecular flexibility index (Phi) is 13.2. The molecule has 1 aromatic rings. The van der Waals surface area contributed by atoms with Gasteiger partial charge in [-0.1, -0.05) is 0 Å². The number of amides is 4. The molecule has 1 heterocycles. The summed E-state index contributed by atoms with van der Waals surface area (Å²) >= 11 is 0. The van der Waals surface area contributed by atoms with Crippen molar-refractivity contribution < 1.29 is 54.0 Å². The third-order valence-electron chi connectivity index (χ3n) is 5.36. The number of H-pyrrole nitrogens is 1. The number of imidazole rings is 1. The van der Waals surface area contributed by atoms with Gasteiger partial charge in [0.25, 0.3) is 0 Å². The van der Waals surface area contributed by atoms with Crippen molar-refractivity contribution >= 4 is 41.5 Å². The summed E-state index contributed by atoms with van der Waals surface area (Å²) in [5.74, 6) is -8.61. The number of hydrogen-bond donors (Lipinski definition) is 10. The minimum atomic E-state index is -1.81. The molecular formula is C22H33N7O11. The van der Waals surface area contributed by atoms with Crippen LogP contribution in [0.3, 0.4) is 0 Å². The first kappa shape index (κ1) is 33.4. The van der Waals surface area contributed by atoms with Crippen molar-refractivity contribution in [1.29, 1.82) is 0 Å². The van der Waals surface area contributed by atoms with Gasteiger partial charge in [0, 0.05) is 24.7 Å². The lowest BCUT2D eigenvalue weighted by molar-refractivity contribution is -0.146. The highest BCUT2D eigenvalue weighted by Gasteiger charge is 2.34. The quantitative estimate of drug-likeness (QED) is 0.0854. The Morgan fingerprint density at radius 2 is 1.40 bits per heavy atom. The number of nitrogens with one attached hydrogen (secondary N) is 5. The first-order valence-corrected chi connectivity index (χ1v) is 11.9. The molecule has 0 aromatic carbocycles. The number of aliphatic hydroxyl groups is 1. The van der Waals surface area contributed by atoms with Crippen molar-refractivity contribution in [3.8, 4) is 0 Å². The summed E-state index contributed by atoms with van der Waals surface area (Å²) in [5.41, 5.74) is 5.94. The lowest BCUT2D eigenvalue weighted by atomic mass is 10.1. The van der Waals surface area contributed by atoms with E-state index in [9.17, 15) is 48.9 Å². The predicted octanol–water partition coefficient (Wildman–Crippen LogP) is -3.96. The highest BCUT2D eigenvalue weighted by atomic mass is 16.4. The number of carbonyl (C=O) groups excluding carboxylic acids is 4. The second kappa shape index (κ2) is 15.7. The number of rotatable bonds is 17. The number of carboxylic acids is 3. The maximum absolute atomic E-state index is 13.0. The molecule has 11 N–H and O–H groups in total. The van der Waals surface area contributed by atoms with Gasteiger partial charge in [-0.3, -0.25) is 28.8 Å². The number of carbonyl (C=O) groups is 7. The normalized spacial score (nSPS) is 15.3. The van der Waals surface area contributed by atoms with Gasteiger partial charge in [0.1, 0.15) is 18.1 Å². The van der Waals surface area contributed by atoms with Gasteiger partial charge in [-0.2, -0.15) is 0 Å². The van der Waals surface area contributed by atoms with E-state index in [1.54, 1.807) is 0 Å². The molecular weight excluding hydrogens is 538 g/mol. The van der Waals surface area contributed by atoms with Crippen LogP contribution in [-0.4, -0.2) is 108 Å². The minimum absolute atomic E-state index is 0.148. The summed E-state index contributed by atoms with van der Waals surface area (Å²) in [4.78, 5) is 91.2. The molecule has 0 unspecified atom stereocenters. The molecule has 0 fully saturated rings. The first-order valence-electron chi connectivity index (χ1n) is 11.9. The van der Waals surface area contributed by atoms with Crippen LogP contribution in [0.4, 0.5) is 0 Å². The van der Waals surface area contributed by atoms with Crippen LogP contribution < -0.4 is 27.0 Å². The van der Waals surface area contributed by atoms with Crippen molar-refractivity contribution in [2.24, 2.45) is 5.73 Å². The highest BCUT2D eigenvalue weighted by Crippen LogP contribution is 2.05. The van der Waals surface area contributed by atoms with Gasteiger partial charge in [0.15, 0.2) is 6.04 Å². The maximum atomic E-state index is 13.0. The Morgan fingerprint density at radius 3 is 1.88 bits per heavy atom. The number of aliphatic hydroxyl groups excluding tert-OH is 1. The van der Waals surface area contributed by atoms with Crippen molar-refractivity contribution in [2.45, 2.75) is 75.8 Å². The maximum Gasteiger partial charge on any atom is 0.328 e. The van der Waals surface area contributed by atoms with E-state index in [1.165, 1.54) is 19.4 Å². The lowest BCUT2D eigenvalue weighted by Crippen LogP contribution is -2.59. The van der Waals surface area contributed by atoms with Crippen molar-refractivity contribution in [2.75, 3.05) is 0 Å². The molecule has 0 radical (unpaired) electrons. The zero-order valence-electron chi connectivity index (χ0n) is 21.6. The molecule has 0 aliphatic rings. The van der Waals surface area contributed by atoms with E-state index in [0.717, 1.165) is 6.92 Å². The Balaban J connectivity index is 3.17. The number of carboxylic acid groups (broad SMARTS) is 3. The van der Waals surface area contributed by atoms with Gasteiger partial charge < -0.3 is 52.4 Å². The smallest absolute Gasteiger partial charge is 0.328 e. The van der Waals surface area contributed by atoms with Crippen LogP contribution in [0.1, 0.15) is 38.8 Å². The third kappa shape index (κ3) is 11.4. The van der Waals surface area contributed by atoms with Gasteiger partial charge in [-0.15, -0.1) is 0 Å². The fraction of sp³-hybridized carbons (Fsp3) is 0.545. The van der Waals surface area contributed by atoms with Crippen LogP contribution in [0, 0.1) is 0 Å². The Hall–Kier alpha value is -4.58. The molecule has 1 rings (SSSR count). The van der Waals surface area contributed by atoms with Gasteiger partial charge in [-0.25, -0.2) is 9.78 Å². The highest BCUT2D eigenvalue weighted by molar-refractivity contribution is 5.97. The number of aromatic nitrogens is 2. The van der Waals surface area contributed by atoms with E-state index < -0.39 is 97.1 Å². The van der Waals surface area contributed by atoms with Gasteiger partial charge in [-0.05, 0) is 20.3 Å². The first-order chi connectivity index (χ1) is 18.6. The summed E-state index contributed by atoms with van der Waals surface area (Å²) < 4.78 is 0. The fourth-order valence-corrected chi connectivity index (χ4v) is 3.24. The summed E-state index contributed by atoms with van der Waals surface area (Å²) in [7, 11) is 0. The van der Waals surface area contributed by atoms with Crippen LogP contribution >= 0.6 is 0 Å². The van der Waals surface area contributed by atoms with E-state index in [0.29, 0.717) is 5.69 Å². The van der Waals surface area contributed by atoms with E-state index in [4.69, 9.17) is 10.8 Å². The molecule has 18 nitrogen and oxygen atoms in total. The predicted molar refractivity (Wildman–Crippen MR) is 132 cm³/mol. The Labute approximate surface area is 227 Å². The van der Waals surface area contributed by atoms with Gasteiger partial charge >= 0.3 is 17.9 Å². The van der Waals surface area contributed by atoms with Crippen molar-refractivity contribution in [3.63, 3.8) is 0 Å². The van der Waals surface area contributed by atoms with Gasteiger partial charge in [0.05, 0.1) is 24.9 Å². The second-order valence-electron chi connectivity index (χ2n) is 8.85. The third-order valence-corrected chi connectivity index (χ3v) is 5.36. The molecule has 1 aromatic heterocycles. The number of aliphatic carboxylic acids is 3. The number of nitrogens with two attached hydrogens (primary N) is 1. The molecule has 0 bridgehead atoms. The number of aromatic amines is 1. The molecule has 0 aliphatic heterocycles. The summed E-state index contributed by atoms with van der Waals surface area (Å²) in [6.07, 6.45) is -1.21. The SMILES string of the molecule is C[C@H](N)C(=O)N[C@@H](Cc1cnc[nH]1)C(=O)N[C@@H](CC(=O)O)C(=O)N[C@@H](CCC(=O)O)C(=O)N[C@H](C(=O)O)[C@@H](C)O. The van der Waals surface area contributed by atoms with E-state index in [2.05, 4.69) is 25.9 Å². The standard InChI is InChI=1S/C22H33N7O11/c1-9(23)18(35)27-13(5-11-7-24-8-25-11)20(37)28-14(6-16(33)34)21(38)26-12(3-4-15(31)32)19(36)29-17(10(2)30)22(39)40/h7-10,12-14,17,30H,3-6,23H2,1-2H3,(H,24,25)(H,26,38)(H,27,35)(H,28,37)(H,29,36)(H,31,32)(H,33,34)(H,39,40)/t9-,10+,12-,13-,14-,17-/m0/s1. The molecule has 40 heavy (non-hydrogen) atoms. The van der Waals surface area contributed by atoms with Crippen LogP contribution in [0.2, 0.25) is 0 Å². The minimum Gasteiger partial charge on any atom is -0.481 e. The number of nitrogens with zero attached hydrogens (tertiary/aromatic N) is 1. The van der Waals surface area contributed by atoms with Crippen LogP contribution in [-0.2, 0) is 40.0 Å². The Bertz CT molecular complexity index is 1080. The fourth-order valence-electron chi connectivity index (χ4n) is 3.24. The van der Waals surface area contributed by atoms with E-state index in [-0.39, 0.29) is 6.42 Å². The molecule has 4 amide bonds. The van der Waals surface area contributed by atoms with Crippen LogP contribution in [0.25, 0.3) is 0 Å².